The Morgan fingerprint density at radius 3 is 2.57 bits per heavy atom. The summed E-state index contributed by atoms with van der Waals surface area (Å²) in [6, 6.07) is 0. The van der Waals surface area contributed by atoms with E-state index in [1.807, 2.05) is 6.92 Å². The zero-order valence-electron chi connectivity index (χ0n) is 8.40. The number of aliphatic carboxylic acids is 1. The zero-order valence-corrected chi connectivity index (χ0v) is 8.40. The van der Waals surface area contributed by atoms with Crippen LogP contribution in [-0.2, 0) is 9.53 Å². The topological polar surface area (TPSA) is 66.8 Å². The Morgan fingerprint density at radius 1 is 1.50 bits per heavy atom. The number of rotatable bonds is 2. The van der Waals surface area contributed by atoms with Crippen LogP contribution in [0.1, 0.15) is 13.8 Å². The van der Waals surface area contributed by atoms with Crippen LogP contribution in [-0.4, -0.2) is 41.8 Å². The Balaban J connectivity index is 2.54. The molecule has 0 aromatic heterocycles. The summed E-state index contributed by atoms with van der Waals surface area (Å²) in [5.41, 5.74) is 0. The van der Waals surface area contributed by atoms with Gasteiger partial charge in [-0.1, -0.05) is 6.92 Å². The molecule has 1 saturated heterocycles. The second kappa shape index (κ2) is 4.30. The van der Waals surface area contributed by atoms with Crippen LogP contribution < -0.4 is 0 Å². The van der Waals surface area contributed by atoms with Crippen molar-refractivity contribution < 1.29 is 19.4 Å². The lowest BCUT2D eigenvalue weighted by atomic mass is 9.99. The molecule has 0 radical (unpaired) electrons. The van der Waals surface area contributed by atoms with Gasteiger partial charge in [-0.15, -0.1) is 0 Å². The number of carboxylic acid groups (broad SMARTS) is 1. The van der Waals surface area contributed by atoms with Crippen LogP contribution in [0, 0.1) is 11.8 Å². The first-order valence-corrected chi connectivity index (χ1v) is 4.70. The number of hydrogen-bond donors (Lipinski definition) is 1. The van der Waals surface area contributed by atoms with Crippen molar-refractivity contribution in [3.8, 4) is 0 Å². The predicted molar refractivity (Wildman–Crippen MR) is 48.9 cm³/mol. The third-order valence-electron chi connectivity index (χ3n) is 2.46. The maximum atomic E-state index is 11.3. The van der Waals surface area contributed by atoms with Crippen LogP contribution in [0.5, 0.6) is 0 Å². The Labute approximate surface area is 82.6 Å². The van der Waals surface area contributed by atoms with Gasteiger partial charge >= 0.3 is 12.1 Å². The molecule has 80 valence electrons. The maximum Gasteiger partial charge on any atom is 0.409 e. The first-order valence-electron chi connectivity index (χ1n) is 4.70. The third-order valence-corrected chi connectivity index (χ3v) is 2.46. The number of carboxylic acids is 1. The molecule has 0 saturated carbocycles. The summed E-state index contributed by atoms with van der Waals surface area (Å²) in [7, 11) is 0. The summed E-state index contributed by atoms with van der Waals surface area (Å²) in [6.07, 6.45) is -0.414. The molecule has 1 N–H and O–H groups in total. The van der Waals surface area contributed by atoms with Crippen LogP contribution in [0.15, 0.2) is 0 Å². The number of hydrogen-bond acceptors (Lipinski definition) is 3. The minimum atomic E-state index is -0.843. The monoisotopic (exact) mass is 201 g/mol. The molecule has 0 aromatic rings. The van der Waals surface area contributed by atoms with Gasteiger partial charge in [0, 0.05) is 13.1 Å². The van der Waals surface area contributed by atoms with E-state index in [0.717, 1.165) is 0 Å². The lowest BCUT2D eigenvalue weighted by Gasteiger charge is -2.14. The minimum absolute atomic E-state index is 0.00286. The number of ether oxygens (including phenoxy) is 1. The highest BCUT2D eigenvalue weighted by atomic mass is 16.6. The fourth-order valence-corrected chi connectivity index (χ4v) is 1.65. The molecule has 1 aliphatic rings. The summed E-state index contributed by atoms with van der Waals surface area (Å²) in [5, 5.41) is 8.83. The van der Waals surface area contributed by atoms with Crippen LogP contribution in [0.4, 0.5) is 4.79 Å². The number of amides is 1. The molecule has 2 unspecified atom stereocenters. The molecule has 14 heavy (non-hydrogen) atoms. The van der Waals surface area contributed by atoms with Gasteiger partial charge in [0.15, 0.2) is 0 Å². The average Bonchev–Trinajstić information content (AvgIpc) is 2.48. The molecular formula is C9H15NO4. The Hall–Kier alpha value is -1.26. The van der Waals surface area contributed by atoms with E-state index < -0.39 is 18.0 Å². The Kier molecular flexibility index (Phi) is 3.33. The number of nitrogens with zero attached hydrogens (tertiary/aromatic N) is 1. The van der Waals surface area contributed by atoms with Crippen LogP contribution >= 0.6 is 0 Å². The molecule has 1 amide bonds. The molecule has 0 bridgehead atoms. The van der Waals surface area contributed by atoms with E-state index in [4.69, 9.17) is 9.84 Å². The van der Waals surface area contributed by atoms with Gasteiger partial charge in [0.25, 0.3) is 0 Å². The number of carbonyl (C=O) groups excluding carboxylic acids is 1. The second-order valence-electron chi connectivity index (χ2n) is 3.53. The molecule has 5 nitrogen and oxygen atoms in total. The van der Waals surface area contributed by atoms with Crippen LogP contribution in [0.25, 0.3) is 0 Å². The number of carbonyl (C=O) groups is 2. The average molecular weight is 201 g/mol. The maximum absolute atomic E-state index is 11.3. The second-order valence-corrected chi connectivity index (χ2v) is 3.53. The van der Waals surface area contributed by atoms with Crippen molar-refractivity contribution in [2.45, 2.75) is 13.8 Å². The molecule has 1 heterocycles. The fourth-order valence-electron chi connectivity index (χ4n) is 1.65. The van der Waals surface area contributed by atoms with Crippen LogP contribution in [0.3, 0.4) is 0 Å². The summed E-state index contributed by atoms with van der Waals surface area (Å²) in [4.78, 5) is 23.5. The SMILES string of the molecule is CCOC(=O)N1CC(C)C(C(=O)O)C1. The molecule has 5 heteroatoms. The van der Waals surface area contributed by atoms with Crippen LogP contribution in [0.2, 0.25) is 0 Å². The van der Waals surface area contributed by atoms with E-state index in [1.165, 1.54) is 4.90 Å². The smallest absolute Gasteiger partial charge is 0.409 e. The van der Waals surface area contributed by atoms with Gasteiger partial charge in [-0.2, -0.15) is 0 Å². The van der Waals surface area contributed by atoms with Gasteiger partial charge < -0.3 is 14.7 Å². The molecular weight excluding hydrogens is 186 g/mol. The van der Waals surface area contributed by atoms with E-state index in [0.29, 0.717) is 13.2 Å². The Bertz CT molecular complexity index is 241. The van der Waals surface area contributed by atoms with Gasteiger partial charge in [-0.25, -0.2) is 4.79 Å². The first kappa shape index (κ1) is 10.8. The lowest BCUT2D eigenvalue weighted by molar-refractivity contribution is -0.142. The highest BCUT2D eigenvalue weighted by Crippen LogP contribution is 2.23. The summed E-state index contributed by atoms with van der Waals surface area (Å²) in [6.45, 7) is 4.61. The van der Waals surface area contributed by atoms with Gasteiger partial charge in [-0.05, 0) is 12.8 Å². The van der Waals surface area contributed by atoms with Gasteiger partial charge in [-0.3, -0.25) is 4.79 Å². The van der Waals surface area contributed by atoms with Crippen molar-refractivity contribution in [1.82, 2.24) is 4.90 Å². The third kappa shape index (κ3) is 2.16. The van der Waals surface area contributed by atoms with E-state index in [2.05, 4.69) is 0 Å². The normalized spacial score (nSPS) is 26.3. The highest BCUT2D eigenvalue weighted by Gasteiger charge is 2.37. The molecule has 2 atom stereocenters. The molecule has 0 aliphatic carbocycles. The predicted octanol–water partition coefficient (Wildman–Crippen LogP) is 0.795. The van der Waals surface area contributed by atoms with Crippen molar-refractivity contribution >= 4 is 12.1 Å². The minimum Gasteiger partial charge on any atom is -0.481 e. The van der Waals surface area contributed by atoms with E-state index in [-0.39, 0.29) is 12.5 Å². The quantitative estimate of drug-likeness (QED) is 0.717. The van der Waals surface area contributed by atoms with Gasteiger partial charge in [0.05, 0.1) is 12.5 Å². The number of likely N-dealkylation sites (tertiary alicyclic amines) is 1. The van der Waals surface area contributed by atoms with Crippen molar-refractivity contribution in [2.75, 3.05) is 19.7 Å². The summed E-state index contributed by atoms with van der Waals surface area (Å²) in [5.74, 6) is -1.30. The van der Waals surface area contributed by atoms with Crippen molar-refractivity contribution in [1.29, 1.82) is 0 Å². The standard InChI is InChI=1S/C9H15NO4/c1-3-14-9(13)10-4-6(2)7(5-10)8(11)12/h6-7H,3-5H2,1-2H3,(H,11,12). The molecule has 0 aromatic carbocycles. The molecule has 1 fully saturated rings. The van der Waals surface area contributed by atoms with Gasteiger partial charge in [0.1, 0.15) is 0 Å². The Morgan fingerprint density at radius 2 is 2.14 bits per heavy atom. The summed E-state index contributed by atoms with van der Waals surface area (Å²) < 4.78 is 4.80. The largest absolute Gasteiger partial charge is 0.481 e. The highest BCUT2D eigenvalue weighted by molar-refractivity contribution is 5.74. The van der Waals surface area contributed by atoms with E-state index in [1.54, 1.807) is 6.92 Å². The van der Waals surface area contributed by atoms with E-state index >= 15 is 0 Å². The fraction of sp³-hybridized carbons (Fsp3) is 0.778. The van der Waals surface area contributed by atoms with E-state index in [9.17, 15) is 9.59 Å². The molecule has 1 aliphatic heterocycles. The van der Waals surface area contributed by atoms with Crippen molar-refractivity contribution in [2.24, 2.45) is 11.8 Å². The molecule has 0 spiro atoms. The molecule has 1 rings (SSSR count). The van der Waals surface area contributed by atoms with Gasteiger partial charge in [0.2, 0.25) is 0 Å². The zero-order chi connectivity index (χ0) is 10.7. The first-order chi connectivity index (χ1) is 6.56. The van der Waals surface area contributed by atoms with Crippen molar-refractivity contribution in [3.63, 3.8) is 0 Å². The summed E-state index contributed by atoms with van der Waals surface area (Å²) >= 11 is 0. The van der Waals surface area contributed by atoms with Crippen molar-refractivity contribution in [3.05, 3.63) is 0 Å². The lowest BCUT2D eigenvalue weighted by Crippen LogP contribution is -2.30.